The van der Waals surface area contributed by atoms with Crippen molar-refractivity contribution in [2.24, 2.45) is 5.92 Å². The van der Waals surface area contributed by atoms with Crippen LogP contribution in [0.1, 0.15) is 43.0 Å². The van der Waals surface area contributed by atoms with Crippen LogP contribution in [-0.4, -0.2) is 61.2 Å². The van der Waals surface area contributed by atoms with Crippen LogP contribution in [0.4, 0.5) is 0 Å². The quantitative estimate of drug-likeness (QED) is 0.675. The zero-order chi connectivity index (χ0) is 17.2. The molecule has 1 saturated carbocycles. The zero-order valence-corrected chi connectivity index (χ0v) is 15.9. The van der Waals surface area contributed by atoms with Gasteiger partial charge in [-0.25, -0.2) is 13.2 Å². The van der Waals surface area contributed by atoms with E-state index in [9.17, 15) is 13.2 Å². The molecule has 0 aromatic carbocycles. The first-order valence-electron chi connectivity index (χ1n) is 8.46. The van der Waals surface area contributed by atoms with Crippen LogP contribution in [0.2, 0.25) is 0 Å². The number of aromatic nitrogens is 2. The standard InChI is InChI=1S/C15H24N4O4S.ClH/c1-2-23-15(20)13-10-17-18-14(13)24(21,22)19-7-5-12(6-8-19)16-9-11-3-4-11;/h10-12,16H,2-9H2,1H3,(H,17,18);1H. The molecule has 1 aromatic heterocycles. The van der Waals surface area contributed by atoms with Gasteiger partial charge in [0.1, 0.15) is 5.56 Å². The van der Waals surface area contributed by atoms with Crippen molar-refractivity contribution < 1.29 is 17.9 Å². The molecule has 2 fully saturated rings. The molecule has 10 heteroatoms. The third kappa shape index (κ3) is 4.72. The summed E-state index contributed by atoms with van der Waals surface area (Å²) in [5, 5.41) is 9.50. The van der Waals surface area contributed by atoms with Crippen LogP contribution in [0.15, 0.2) is 11.2 Å². The molecule has 0 amide bonds. The third-order valence-corrected chi connectivity index (χ3v) is 6.42. The van der Waals surface area contributed by atoms with Crippen molar-refractivity contribution >= 4 is 28.4 Å². The first-order valence-corrected chi connectivity index (χ1v) is 9.90. The van der Waals surface area contributed by atoms with Crippen molar-refractivity contribution in [3.63, 3.8) is 0 Å². The Bertz CT molecular complexity index is 681. The van der Waals surface area contributed by atoms with Gasteiger partial charge in [-0.1, -0.05) is 0 Å². The molecule has 2 N–H and O–H groups in total. The second kappa shape index (κ2) is 8.48. The molecule has 2 heterocycles. The van der Waals surface area contributed by atoms with Crippen molar-refractivity contribution in [3.05, 3.63) is 11.8 Å². The van der Waals surface area contributed by atoms with Gasteiger partial charge in [0.05, 0.1) is 12.8 Å². The molecular weight excluding hydrogens is 368 g/mol. The number of piperidine rings is 1. The number of esters is 1. The average Bonchev–Trinajstić information content (AvgIpc) is 3.26. The molecular formula is C15H25ClN4O4S. The van der Waals surface area contributed by atoms with Crippen LogP contribution >= 0.6 is 12.4 Å². The molecule has 0 unspecified atom stereocenters. The van der Waals surface area contributed by atoms with Crippen LogP contribution < -0.4 is 5.32 Å². The van der Waals surface area contributed by atoms with E-state index in [0.29, 0.717) is 19.1 Å². The lowest BCUT2D eigenvalue weighted by molar-refractivity contribution is 0.0521. The van der Waals surface area contributed by atoms with Gasteiger partial charge in [0.25, 0.3) is 10.0 Å². The molecule has 3 rings (SSSR count). The summed E-state index contributed by atoms with van der Waals surface area (Å²) < 4.78 is 31.9. The normalized spacial score (nSPS) is 19.4. The van der Waals surface area contributed by atoms with Crippen LogP contribution in [0, 0.1) is 5.92 Å². The largest absolute Gasteiger partial charge is 0.462 e. The van der Waals surface area contributed by atoms with Gasteiger partial charge in [-0.3, -0.25) is 5.10 Å². The first-order chi connectivity index (χ1) is 11.5. The highest BCUT2D eigenvalue weighted by Gasteiger charge is 2.34. The van der Waals surface area contributed by atoms with E-state index in [1.165, 1.54) is 23.3 Å². The topological polar surface area (TPSA) is 104 Å². The molecule has 1 aromatic rings. The van der Waals surface area contributed by atoms with E-state index in [-0.39, 0.29) is 29.6 Å². The van der Waals surface area contributed by atoms with Crippen molar-refractivity contribution in [1.82, 2.24) is 19.8 Å². The summed E-state index contributed by atoms with van der Waals surface area (Å²) >= 11 is 0. The van der Waals surface area contributed by atoms with Crippen molar-refractivity contribution in [2.75, 3.05) is 26.2 Å². The van der Waals surface area contributed by atoms with E-state index in [0.717, 1.165) is 25.3 Å². The van der Waals surface area contributed by atoms with Crippen LogP contribution in [-0.2, 0) is 14.8 Å². The highest BCUT2D eigenvalue weighted by atomic mass is 35.5. The Morgan fingerprint density at radius 2 is 2.04 bits per heavy atom. The lowest BCUT2D eigenvalue weighted by Crippen LogP contribution is -2.45. The lowest BCUT2D eigenvalue weighted by Gasteiger charge is -2.31. The third-order valence-electron chi connectivity index (χ3n) is 4.54. The Labute approximate surface area is 154 Å². The number of carbonyl (C=O) groups excluding carboxylic acids is 1. The predicted molar refractivity (Wildman–Crippen MR) is 94.3 cm³/mol. The maximum atomic E-state index is 12.8. The molecule has 0 spiro atoms. The fourth-order valence-corrected chi connectivity index (χ4v) is 4.44. The van der Waals surface area contributed by atoms with E-state index >= 15 is 0 Å². The van der Waals surface area contributed by atoms with E-state index in [1.807, 2.05) is 0 Å². The average molecular weight is 393 g/mol. The Morgan fingerprint density at radius 1 is 1.36 bits per heavy atom. The van der Waals surface area contributed by atoms with E-state index in [4.69, 9.17) is 4.74 Å². The maximum absolute atomic E-state index is 12.8. The van der Waals surface area contributed by atoms with E-state index in [1.54, 1.807) is 6.92 Å². The summed E-state index contributed by atoms with van der Waals surface area (Å²) in [6.45, 7) is 3.76. The fourth-order valence-electron chi connectivity index (χ4n) is 2.91. The molecule has 1 saturated heterocycles. The minimum absolute atomic E-state index is 0. The zero-order valence-electron chi connectivity index (χ0n) is 14.2. The summed E-state index contributed by atoms with van der Waals surface area (Å²) in [7, 11) is -3.77. The van der Waals surface area contributed by atoms with Gasteiger partial charge in [-0.2, -0.15) is 9.40 Å². The van der Waals surface area contributed by atoms with Crippen molar-refractivity contribution in [1.29, 1.82) is 0 Å². The molecule has 25 heavy (non-hydrogen) atoms. The number of carbonyl (C=O) groups is 1. The van der Waals surface area contributed by atoms with Gasteiger partial charge in [-0.05, 0) is 45.1 Å². The smallest absolute Gasteiger partial charge is 0.342 e. The molecule has 142 valence electrons. The van der Waals surface area contributed by atoms with Gasteiger partial charge in [-0.15, -0.1) is 12.4 Å². The van der Waals surface area contributed by atoms with Gasteiger partial charge in [0.15, 0.2) is 5.03 Å². The number of aromatic amines is 1. The first kappa shape index (κ1) is 20.2. The van der Waals surface area contributed by atoms with E-state index in [2.05, 4.69) is 15.5 Å². The van der Waals surface area contributed by atoms with Gasteiger partial charge >= 0.3 is 5.97 Å². The second-order valence-corrected chi connectivity index (χ2v) is 8.24. The summed E-state index contributed by atoms with van der Waals surface area (Å²) in [6, 6.07) is 0.364. The number of halogens is 1. The van der Waals surface area contributed by atoms with Crippen molar-refractivity contribution in [3.8, 4) is 0 Å². The molecule has 2 aliphatic rings. The van der Waals surface area contributed by atoms with Crippen LogP contribution in [0.25, 0.3) is 0 Å². The number of sulfonamides is 1. The molecule has 1 aliphatic heterocycles. The Hall–Kier alpha value is -1.16. The lowest BCUT2D eigenvalue weighted by atomic mass is 10.1. The predicted octanol–water partition coefficient (Wildman–Crippen LogP) is 1.16. The molecule has 8 nitrogen and oxygen atoms in total. The molecule has 0 bridgehead atoms. The summed E-state index contributed by atoms with van der Waals surface area (Å²) in [5.41, 5.74) is -0.0363. The minimum Gasteiger partial charge on any atom is -0.462 e. The van der Waals surface area contributed by atoms with Gasteiger partial charge in [0, 0.05) is 19.1 Å². The SMILES string of the molecule is CCOC(=O)c1cn[nH]c1S(=O)(=O)N1CCC(NCC2CC2)CC1.Cl. The Kier molecular flexibility index (Phi) is 6.84. The van der Waals surface area contributed by atoms with Crippen LogP contribution in [0.5, 0.6) is 0 Å². The molecule has 1 aliphatic carbocycles. The fraction of sp³-hybridized carbons (Fsp3) is 0.733. The number of nitrogens with zero attached hydrogens (tertiary/aromatic N) is 2. The summed E-state index contributed by atoms with van der Waals surface area (Å²) in [6.07, 6.45) is 5.35. The number of ether oxygens (including phenoxy) is 1. The number of hydrogen-bond acceptors (Lipinski definition) is 6. The number of hydrogen-bond donors (Lipinski definition) is 2. The van der Waals surface area contributed by atoms with Crippen LogP contribution in [0.3, 0.4) is 0 Å². The molecule has 0 atom stereocenters. The highest BCUT2D eigenvalue weighted by molar-refractivity contribution is 7.89. The number of H-pyrrole nitrogens is 1. The molecule has 0 radical (unpaired) electrons. The highest BCUT2D eigenvalue weighted by Crippen LogP contribution is 2.28. The van der Waals surface area contributed by atoms with Gasteiger partial charge in [0.2, 0.25) is 0 Å². The second-order valence-electron chi connectivity index (χ2n) is 6.36. The number of nitrogens with one attached hydrogen (secondary N) is 2. The van der Waals surface area contributed by atoms with Crippen molar-refractivity contribution in [2.45, 2.75) is 43.7 Å². The number of rotatable bonds is 7. The van der Waals surface area contributed by atoms with E-state index < -0.39 is 16.0 Å². The minimum atomic E-state index is -3.77. The Morgan fingerprint density at radius 3 is 2.64 bits per heavy atom. The maximum Gasteiger partial charge on any atom is 0.342 e. The summed E-state index contributed by atoms with van der Waals surface area (Å²) in [5.74, 6) is 0.134. The van der Waals surface area contributed by atoms with Gasteiger partial charge < -0.3 is 10.1 Å². The summed E-state index contributed by atoms with van der Waals surface area (Å²) in [4.78, 5) is 11.9. The Balaban J connectivity index is 0.00000225. The monoisotopic (exact) mass is 392 g/mol.